The number of anilines is 2. The van der Waals surface area contributed by atoms with Gasteiger partial charge in [-0.2, -0.15) is 0 Å². The molecule has 0 N–H and O–H groups in total. The van der Waals surface area contributed by atoms with Crippen molar-refractivity contribution in [3.05, 3.63) is 58.6 Å². The maximum absolute atomic E-state index is 10.8. The van der Waals surface area contributed by atoms with Gasteiger partial charge in [0, 0.05) is 35.0 Å². The molecule has 1 aliphatic rings. The van der Waals surface area contributed by atoms with Gasteiger partial charge in [0.25, 0.3) is 5.69 Å². The molecule has 0 aromatic heterocycles. The van der Waals surface area contributed by atoms with Gasteiger partial charge in [0.05, 0.1) is 10.6 Å². The first kappa shape index (κ1) is 12.0. The summed E-state index contributed by atoms with van der Waals surface area (Å²) in [5.41, 5.74) is 2.33. The van der Waals surface area contributed by atoms with E-state index in [1.54, 1.807) is 23.9 Å². The molecule has 0 fully saturated rings. The van der Waals surface area contributed by atoms with E-state index < -0.39 is 0 Å². The number of para-hydroxylation sites is 1. The lowest BCUT2D eigenvalue weighted by molar-refractivity contribution is -0.385. The number of nitro benzene ring substituents is 1. The fourth-order valence-electron chi connectivity index (χ4n) is 2.20. The van der Waals surface area contributed by atoms with Gasteiger partial charge in [-0.15, -0.1) is 11.8 Å². The topological polar surface area (TPSA) is 46.4 Å². The summed E-state index contributed by atoms with van der Waals surface area (Å²) in [5, 5.41) is 10.8. The van der Waals surface area contributed by atoms with Crippen LogP contribution in [0.15, 0.2) is 53.4 Å². The lowest BCUT2D eigenvalue weighted by Gasteiger charge is -2.30. The summed E-state index contributed by atoms with van der Waals surface area (Å²) in [6.45, 7) is 0.916. The van der Waals surface area contributed by atoms with Crippen molar-refractivity contribution in [3.63, 3.8) is 0 Å². The van der Waals surface area contributed by atoms with Crippen molar-refractivity contribution in [3.8, 4) is 0 Å². The Kier molecular flexibility index (Phi) is 3.13. The molecule has 0 amide bonds. The van der Waals surface area contributed by atoms with E-state index >= 15 is 0 Å². The zero-order valence-corrected chi connectivity index (χ0v) is 11.0. The average Bonchev–Trinajstić information content (AvgIpc) is 2.47. The van der Waals surface area contributed by atoms with Gasteiger partial charge in [0.2, 0.25) is 0 Å². The number of hydrogen-bond acceptors (Lipinski definition) is 4. The first-order valence-electron chi connectivity index (χ1n) is 5.99. The van der Waals surface area contributed by atoms with Crippen LogP contribution in [0.2, 0.25) is 0 Å². The molecule has 3 rings (SSSR count). The van der Waals surface area contributed by atoms with Crippen molar-refractivity contribution < 1.29 is 4.92 Å². The number of non-ortho nitro benzene ring substituents is 1. The molecule has 5 heteroatoms. The number of benzene rings is 2. The quantitative estimate of drug-likeness (QED) is 0.615. The summed E-state index contributed by atoms with van der Waals surface area (Å²) in [5.74, 6) is 0.934. The molecule has 0 unspecified atom stereocenters. The number of thioether (sulfide) groups is 1. The molecular formula is C14H12N2O2S. The van der Waals surface area contributed by atoms with Crippen LogP contribution in [0.1, 0.15) is 0 Å². The maximum atomic E-state index is 10.8. The van der Waals surface area contributed by atoms with E-state index in [0.717, 1.165) is 28.6 Å². The Labute approximate surface area is 115 Å². The highest BCUT2D eigenvalue weighted by Gasteiger charge is 2.21. The van der Waals surface area contributed by atoms with Crippen LogP contribution in [0, 0.1) is 10.1 Å². The van der Waals surface area contributed by atoms with Gasteiger partial charge in [-0.1, -0.05) is 18.2 Å². The Balaban J connectivity index is 2.03. The summed E-state index contributed by atoms with van der Waals surface area (Å²) in [4.78, 5) is 13.7. The molecule has 1 heterocycles. The molecule has 1 aliphatic heterocycles. The number of rotatable bonds is 2. The van der Waals surface area contributed by atoms with Crippen LogP contribution in [-0.4, -0.2) is 17.2 Å². The Morgan fingerprint density at radius 2 is 1.95 bits per heavy atom. The molecule has 0 spiro atoms. The highest BCUT2D eigenvalue weighted by Crippen LogP contribution is 2.40. The van der Waals surface area contributed by atoms with Crippen molar-refractivity contribution in [1.82, 2.24) is 0 Å². The van der Waals surface area contributed by atoms with Crippen LogP contribution in [-0.2, 0) is 0 Å². The number of nitrogens with zero attached hydrogens (tertiary/aromatic N) is 2. The molecular weight excluding hydrogens is 260 g/mol. The first-order valence-corrected chi connectivity index (χ1v) is 6.98. The molecule has 2 aromatic carbocycles. The van der Waals surface area contributed by atoms with Gasteiger partial charge in [-0.25, -0.2) is 0 Å². The minimum absolute atomic E-state index is 0.154. The largest absolute Gasteiger partial charge is 0.340 e. The maximum Gasteiger partial charge on any atom is 0.270 e. The lowest BCUT2D eigenvalue weighted by atomic mass is 10.2. The van der Waals surface area contributed by atoms with Crippen LogP contribution in [0.4, 0.5) is 17.1 Å². The molecule has 0 radical (unpaired) electrons. The highest BCUT2D eigenvalue weighted by molar-refractivity contribution is 7.99. The monoisotopic (exact) mass is 272 g/mol. The Hall–Kier alpha value is -2.01. The van der Waals surface area contributed by atoms with Crippen molar-refractivity contribution in [2.24, 2.45) is 0 Å². The molecule has 2 aromatic rings. The SMILES string of the molecule is O=[N+]([O-])c1ccc2c(c1)SCCN2c1ccccc1. The molecule has 0 saturated heterocycles. The lowest BCUT2D eigenvalue weighted by Crippen LogP contribution is -2.23. The number of nitro groups is 1. The van der Waals surface area contributed by atoms with Gasteiger partial charge in [-0.05, 0) is 18.2 Å². The minimum atomic E-state index is -0.345. The second kappa shape index (κ2) is 4.93. The summed E-state index contributed by atoms with van der Waals surface area (Å²) >= 11 is 1.67. The average molecular weight is 272 g/mol. The molecule has 0 saturated carbocycles. The van der Waals surface area contributed by atoms with E-state index in [0.29, 0.717) is 0 Å². The predicted octanol–water partition coefficient (Wildman–Crippen LogP) is 3.84. The number of hydrogen-bond donors (Lipinski definition) is 0. The Morgan fingerprint density at radius 1 is 1.16 bits per heavy atom. The first-order chi connectivity index (χ1) is 9.25. The standard InChI is InChI=1S/C14H12N2O2S/c17-16(18)12-6-7-13-14(10-12)19-9-8-15(13)11-4-2-1-3-5-11/h1-7,10H,8-9H2. The van der Waals surface area contributed by atoms with E-state index in [-0.39, 0.29) is 10.6 Å². The molecule has 4 nitrogen and oxygen atoms in total. The molecule has 0 bridgehead atoms. The predicted molar refractivity (Wildman–Crippen MR) is 77.3 cm³/mol. The molecule has 96 valence electrons. The summed E-state index contributed by atoms with van der Waals surface area (Å²) < 4.78 is 0. The molecule has 19 heavy (non-hydrogen) atoms. The number of fused-ring (bicyclic) bond motifs is 1. The molecule has 0 aliphatic carbocycles. The summed E-state index contributed by atoms with van der Waals surface area (Å²) in [7, 11) is 0. The smallest absolute Gasteiger partial charge is 0.270 e. The fourth-order valence-corrected chi connectivity index (χ4v) is 3.22. The van der Waals surface area contributed by atoms with E-state index in [2.05, 4.69) is 17.0 Å². The van der Waals surface area contributed by atoms with Crippen LogP contribution in [0.3, 0.4) is 0 Å². The zero-order valence-electron chi connectivity index (χ0n) is 10.2. The van der Waals surface area contributed by atoms with E-state index in [1.165, 1.54) is 0 Å². The normalized spacial score (nSPS) is 14.0. The fraction of sp³-hybridized carbons (Fsp3) is 0.143. The Morgan fingerprint density at radius 3 is 2.68 bits per heavy atom. The summed E-state index contributed by atoms with van der Waals surface area (Å²) in [6.07, 6.45) is 0. The van der Waals surface area contributed by atoms with Crippen molar-refractivity contribution in [2.75, 3.05) is 17.2 Å². The van der Waals surface area contributed by atoms with Crippen LogP contribution < -0.4 is 4.90 Å². The minimum Gasteiger partial charge on any atom is -0.340 e. The van der Waals surface area contributed by atoms with E-state index in [9.17, 15) is 10.1 Å². The zero-order chi connectivity index (χ0) is 13.2. The third-order valence-electron chi connectivity index (χ3n) is 3.09. The highest BCUT2D eigenvalue weighted by atomic mass is 32.2. The second-order valence-corrected chi connectivity index (χ2v) is 5.38. The van der Waals surface area contributed by atoms with Crippen molar-refractivity contribution in [1.29, 1.82) is 0 Å². The van der Waals surface area contributed by atoms with E-state index in [4.69, 9.17) is 0 Å². The van der Waals surface area contributed by atoms with Gasteiger partial charge >= 0.3 is 0 Å². The van der Waals surface area contributed by atoms with Crippen LogP contribution in [0.25, 0.3) is 0 Å². The third kappa shape index (κ3) is 2.29. The van der Waals surface area contributed by atoms with Crippen molar-refractivity contribution in [2.45, 2.75) is 4.90 Å². The summed E-state index contributed by atoms with van der Waals surface area (Å²) in [6, 6.07) is 15.2. The molecule has 0 atom stereocenters. The van der Waals surface area contributed by atoms with Gasteiger partial charge in [-0.3, -0.25) is 10.1 Å². The van der Waals surface area contributed by atoms with Gasteiger partial charge < -0.3 is 4.90 Å². The van der Waals surface area contributed by atoms with Gasteiger partial charge in [0.1, 0.15) is 0 Å². The van der Waals surface area contributed by atoms with Crippen LogP contribution in [0.5, 0.6) is 0 Å². The van der Waals surface area contributed by atoms with Gasteiger partial charge in [0.15, 0.2) is 0 Å². The van der Waals surface area contributed by atoms with Crippen LogP contribution >= 0.6 is 11.8 Å². The Bertz CT molecular complexity index is 616. The van der Waals surface area contributed by atoms with E-state index in [1.807, 2.05) is 24.3 Å². The second-order valence-electron chi connectivity index (χ2n) is 4.24. The van der Waals surface area contributed by atoms with Crippen molar-refractivity contribution >= 4 is 28.8 Å². The third-order valence-corrected chi connectivity index (χ3v) is 4.11.